The minimum Gasteiger partial charge on any atom is -0.480 e. The lowest BCUT2D eigenvalue weighted by molar-refractivity contribution is -0.142. The Balaban J connectivity index is 3.99. The van der Waals surface area contributed by atoms with Crippen LogP contribution < -0.4 is 4.84 Å². The number of rotatable bonds is 3. The molecule has 2 N–H and O–H groups in total. The normalized spacial score (nSPS) is 12.7. The van der Waals surface area contributed by atoms with Crippen molar-refractivity contribution in [2.24, 2.45) is 0 Å². The van der Waals surface area contributed by atoms with Gasteiger partial charge in [-0.3, -0.25) is 4.79 Å². The van der Waals surface area contributed by atoms with E-state index in [1.165, 1.54) is 0 Å². The lowest BCUT2D eigenvalue weighted by Crippen LogP contribution is -2.36. The number of carbonyl (C=O) groups is 2. The molecule has 0 saturated heterocycles. The van der Waals surface area contributed by atoms with E-state index in [-0.39, 0.29) is 0 Å². The van der Waals surface area contributed by atoms with Crippen molar-refractivity contribution in [2.45, 2.75) is 13.0 Å². The summed E-state index contributed by atoms with van der Waals surface area (Å²) in [5.41, 5.74) is 0. The molecule has 0 aromatic rings. The van der Waals surface area contributed by atoms with Crippen LogP contribution in [0.25, 0.3) is 0 Å². The number of hydrogen-bond donors (Lipinski definition) is 2. The van der Waals surface area contributed by atoms with Crippen LogP contribution in [0, 0.1) is 0 Å². The molecule has 1 unspecified atom stereocenters. The summed E-state index contributed by atoms with van der Waals surface area (Å²) in [5, 5.41) is 8.18. The molecule has 0 aliphatic carbocycles. The first-order valence-electron chi connectivity index (χ1n) is 2.19. The predicted octanol–water partition coefficient (Wildman–Crippen LogP) is -0.228. The van der Waals surface area contributed by atoms with Gasteiger partial charge in [0.25, 0.3) is 0 Å². The van der Waals surface area contributed by atoms with Crippen molar-refractivity contribution in [2.75, 3.05) is 0 Å². The van der Waals surface area contributed by atoms with Crippen molar-refractivity contribution in [1.82, 2.24) is 4.84 Å². The van der Waals surface area contributed by atoms with Crippen molar-refractivity contribution in [3.63, 3.8) is 0 Å². The first kappa shape index (κ1) is 8.39. The summed E-state index contributed by atoms with van der Waals surface area (Å²) >= 11 is 4.91. The molecule has 0 aromatic heterocycles. The zero-order valence-corrected chi connectivity index (χ0v) is 5.47. The van der Waals surface area contributed by atoms with E-state index in [4.69, 9.17) is 16.9 Å². The molecule has 9 heavy (non-hydrogen) atoms. The second kappa shape index (κ2) is 3.42. The van der Waals surface area contributed by atoms with Gasteiger partial charge < -0.3 is 5.11 Å². The van der Waals surface area contributed by atoms with E-state index in [1.54, 1.807) is 0 Å². The Labute approximate surface area is 56.9 Å². The summed E-state index contributed by atoms with van der Waals surface area (Å²) in [7, 11) is 0. The zero-order chi connectivity index (χ0) is 7.44. The molecule has 4 nitrogen and oxygen atoms in total. The van der Waals surface area contributed by atoms with E-state index in [9.17, 15) is 9.59 Å². The van der Waals surface area contributed by atoms with E-state index in [2.05, 4.69) is 0 Å². The molecule has 0 rings (SSSR count). The third-order valence-electron chi connectivity index (χ3n) is 0.763. The van der Waals surface area contributed by atoms with Gasteiger partial charge in [-0.25, -0.2) is 9.63 Å². The molecule has 0 fully saturated rings. The molecule has 0 heterocycles. The molecule has 1 atom stereocenters. The average Bonchev–Trinajstić information content (AvgIpc) is 1.64. The first-order chi connectivity index (χ1) is 4.09. The SMILES string of the molecule is CC(=O)C(NCl)C(=O)O. The van der Waals surface area contributed by atoms with Crippen LogP contribution in [0.4, 0.5) is 0 Å². The summed E-state index contributed by atoms with van der Waals surface area (Å²) in [6.07, 6.45) is 0. The number of carboxylic acid groups (broad SMARTS) is 1. The molecule has 0 amide bonds. The van der Waals surface area contributed by atoms with Crippen LogP contribution in [-0.4, -0.2) is 22.9 Å². The fourth-order valence-electron chi connectivity index (χ4n) is 0.297. The maximum atomic E-state index is 10.3. The van der Waals surface area contributed by atoms with Crippen molar-refractivity contribution in [1.29, 1.82) is 0 Å². The number of hydrogen-bond acceptors (Lipinski definition) is 3. The zero-order valence-electron chi connectivity index (χ0n) is 4.72. The number of Topliss-reactive ketones (excluding diaryl/α,β-unsaturated/α-hetero) is 1. The average molecular weight is 152 g/mol. The van der Waals surface area contributed by atoms with Gasteiger partial charge in [0.15, 0.2) is 11.8 Å². The molecule has 0 radical (unpaired) electrons. The summed E-state index contributed by atoms with van der Waals surface area (Å²) in [5.74, 6) is -1.78. The largest absolute Gasteiger partial charge is 0.480 e. The van der Waals surface area contributed by atoms with Crippen molar-refractivity contribution >= 4 is 23.5 Å². The molecule has 0 bridgehead atoms. The monoisotopic (exact) mass is 151 g/mol. The maximum absolute atomic E-state index is 10.3. The fourth-order valence-corrected chi connectivity index (χ4v) is 0.544. The van der Waals surface area contributed by atoms with E-state index >= 15 is 0 Å². The Kier molecular flexibility index (Phi) is 3.19. The van der Waals surface area contributed by atoms with Gasteiger partial charge in [-0.05, 0) is 18.7 Å². The standard InChI is InChI=1S/C4H6ClNO3/c1-2(7)3(6-5)4(8)9/h3,6H,1H3,(H,8,9). The Morgan fingerprint density at radius 1 is 1.67 bits per heavy atom. The van der Waals surface area contributed by atoms with E-state index in [0.29, 0.717) is 0 Å². The van der Waals surface area contributed by atoms with Crippen LogP contribution in [0.5, 0.6) is 0 Å². The number of nitrogens with one attached hydrogen (secondary N) is 1. The highest BCUT2D eigenvalue weighted by atomic mass is 35.5. The number of carbonyl (C=O) groups excluding carboxylic acids is 1. The van der Waals surface area contributed by atoms with Gasteiger partial charge in [-0.2, -0.15) is 0 Å². The quantitative estimate of drug-likeness (QED) is 0.432. The number of aliphatic carboxylic acids is 1. The Morgan fingerprint density at radius 3 is 2.11 bits per heavy atom. The lowest BCUT2D eigenvalue weighted by Gasteiger charge is -2.02. The van der Waals surface area contributed by atoms with Gasteiger partial charge in [0.2, 0.25) is 0 Å². The summed E-state index contributed by atoms with van der Waals surface area (Å²) in [6, 6.07) is -1.29. The highest BCUT2D eigenvalue weighted by molar-refractivity contribution is 6.18. The highest BCUT2D eigenvalue weighted by Gasteiger charge is 2.20. The second-order valence-electron chi connectivity index (χ2n) is 1.49. The minimum atomic E-state index is -1.29. The van der Waals surface area contributed by atoms with Crippen LogP contribution in [-0.2, 0) is 9.59 Å². The predicted molar refractivity (Wildman–Crippen MR) is 31.1 cm³/mol. The molecule has 52 valence electrons. The van der Waals surface area contributed by atoms with Gasteiger partial charge in [-0.15, -0.1) is 0 Å². The van der Waals surface area contributed by atoms with Crippen LogP contribution in [0.2, 0.25) is 0 Å². The molecule has 0 aromatic carbocycles. The Morgan fingerprint density at radius 2 is 2.11 bits per heavy atom. The topological polar surface area (TPSA) is 66.4 Å². The highest BCUT2D eigenvalue weighted by Crippen LogP contribution is 1.86. The Bertz CT molecular complexity index is 122. The Hall–Kier alpha value is -0.610. The van der Waals surface area contributed by atoms with Gasteiger partial charge in [0.05, 0.1) is 0 Å². The number of ketones is 1. The first-order valence-corrected chi connectivity index (χ1v) is 2.56. The smallest absolute Gasteiger partial charge is 0.329 e. The van der Waals surface area contributed by atoms with Crippen molar-refractivity contribution < 1.29 is 14.7 Å². The number of carboxylic acids is 1. The van der Waals surface area contributed by atoms with Crippen LogP contribution in [0.3, 0.4) is 0 Å². The fraction of sp³-hybridized carbons (Fsp3) is 0.500. The van der Waals surface area contributed by atoms with E-state index in [0.717, 1.165) is 6.92 Å². The number of halogens is 1. The van der Waals surface area contributed by atoms with Crippen LogP contribution in [0.1, 0.15) is 6.92 Å². The second-order valence-corrected chi connectivity index (χ2v) is 1.71. The lowest BCUT2D eigenvalue weighted by atomic mass is 10.2. The summed E-state index contributed by atoms with van der Waals surface area (Å²) in [4.78, 5) is 22.1. The molecule has 0 spiro atoms. The third kappa shape index (κ3) is 2.43. The third-order valence-corrected chi connectivity index (χ3v) is 0.981. The van der Waals surface area contributed by atoms with Gasteiger partial charge >= 0.3 is 5.97 Å². The van der Waals surface area contributed by atoms with Crippen molar-refractivity contribution in [3.8, 4) is 0 Å². The summed E-state index contributed by atoms with van der Waals surface area (Å²) in [6.45, 7) is 1.15. The molecular weight excluding hydrogens is 146 g/mol. The van der Waals surface area contributed by atoms with Crippen molar-refractivity contribution in [3.05, 3.63) is 0 Å². The summed E-state index contributed by atoms with van der Waals surface area (Å²) < 4.78 is 0. The molecule has 0 saturated carbocycles. The molecule has 0 aliphatic rings. The van der Waals surface area contributed by atoms with Gasteiger partial charge in [0.1, 0.15) is 0 Å². The molecule has 5 heteroatoms. The maximum Gasteiger partial charge on any atom is 0.329 e. The van der Waals surface area contributed by atoms with Gasteiger partial charge in [-0.1, -0.05) is 0 Å². The van der Waals surface area contributed by atoms with E-state index in [1.807, 2.05) is 4.84 Å². The minimum absolute atomic E-state index is 0.516. The van der Waals surface area contributed by atoms with Gasteiger partial charge in [0, 0.05) is 0 Å². The van der Waals surface area contributed by atoms with E-state index < -0.39 is 17.8 Å². The molecular formula is C4H6ClNO3. The molecule has 0 aliphatic heterocycles. The van der Waals surface area contributed by atoms with Crippen LogP contribution >= 0.6 is 11.8 Å². The van der Waals surface area contributed by atoms with Crippen LogP contribution in [0.15, 0.2) is 0 Å².